The molecule has 8 nitrogen and oxygen atoms in total. The minimum Gasteiger partial charge on any atom is -0.373 e. The summed E-state index contributed by atoms with van der Waals surface area (Å²) < 4.78 is 36.7. The molecule has 0 bridgehead atoms. The molecule has 1 amide bonds. The van der Waals surface area contributed by atoms with Gasteiger partial charge in [-0.1, -0.05) is 54.3 Å². The van der Waals surface area contributed by atoms with E-state index in [1.807, 2.05) is 70.3 Å². The van der Waals surface area contributed by atoms with E-state index in [1.165, 1.54) is 16.1 Å². The Labute approximate surface area is 238 Å². The summed E-state index contributed by atoms with van der Waals surface area (Å²) in [6, 6.07) is 16.4. The van der Waals surface area contributed by atoms with Gasteiger partial charge in [-0.15, -0.1) is 0 Å². The zero-order valence-corrected chi connectivity index (χ0v) is 24.6. The third kappa shape index (κ3) is 5.59. The first-order valence-electron chi connectivity index (χ1n) is 12.7. The second-order valence-corrected chi connectivity index (χ2v) is 13.6. The fourth-order valence-electron chi connectivity index (χ4n) is 4.78. The summed E-state index contributed by atoms with van der Waals surface area (Å²) in [6.07, 6.45) is 3.25. The fourth-order valence-corrected chi connectivity index (χ4v) is 7.93. The lowest BCUT2D eigenvalue weighted by Crippen LogP contribution is -2.48. The van der Waals surface area contributed by atoms with E-state index in [1.54, 1.807) is 33.9 Å². The molecular weight excluding hydrogens is 553 g/mol. The molecule has 0 aliphatic carbocycles. The van der Waals surface area contributed by atoms with Crippen LogP contribution in [-0.2, 0) is 19.6 Å². The zero-order chi connectivity index (χ0) is 27.9. The van der Waals surface area contributed by atoms with Crippen molar-refractivity contribution < 1.29 is 17.9 Å². The topological polar surface area (TPSA) is 84.7 Å². The summed E-state index contributed by atoms with van der Waals surface area (Å²) in [5.41, 5.74) is 2.72. The van der Waals surface area contributed by atoms with Gasteiger partial charge >= 0.3 is 0 Å². The third-order valence-corrected chi connectivity index (χ3v) is 9.68. The molecule has 0 radical (unpaired) electrons. The molecule has 2 fully saturated rings. The van der Waals surface area contributed by atoms with Gasteiger partial charge in [-0.3, -0.25) is 9.69 Å². The quantitative estimate of drug-likeness (QED) is 0.301. The van der Waals surface area contributed by atoms with Crippen molar-refractivity contribution in [2.24, 2.45) is 0 Å². The molecule has 204 valence electrons. The van der Waals surface area contributed by atoms with Gasteiger partial charge < -0.3 is 4.74 Å². The van der Waals surface area contributed by atoms with Crippen LogP contribution in [-0.4, -0.2) is 69.0 Å². The van der Waals surface area contributed by atoms with Gasteiger partial charge in [0, 0.05) is 36.5 Å². The summed E-state index contributed by atoms with van der Waals surface area (Å²) in [5.74, 6) is -0.148. The van der Waals surface area contributed by atoms with E-state index in [0.717, 1.165) is 5.69 Å². The van der Waals surface area contributed by atoms with Crippen LogP contribution in [0.5, 0.6) is 0 Å². The van der Waals surface area contributed by atoms with Crippen LogP contribution in [0.15, 0.2) is 70.6 Å². The molecule has 2 saturated heterocycles. The molecule has 0 spiro atoms. The highest BCUT2D eigenvalue weighted by Gasteiger charge is 2.35. The van der Waals surface area contributed by atoms with Gasteiger partial charge in [0.05, 0.1) is 27.7 Å². The predicted molar refractivity (Wildman–Crippen MR) is 158 cm³/mol. The van der Waals surface area contributed by atoms with Crippen LogP contribution in [0.4, 0.5) is 0 Å². The number of rotatable bonds is 6. The number of amides is 1. The predicted octanol–water partition coefficient (Wildman–Crippen LogP) is 4.95. The molecule has 1 aromatic heterocycles. The maximum atomic E-state index is 13.6. The minimum atomic E-state index is -3.75. The van der Waals surface area contributed by atoms with Crippen LogP contribution < -0.4 is 0 Å². The zero-order valence-electron chi connectivity index (χ0n) is 22.1. The van der Waals surface area contributed by atoms with Gasteiger partial charge in [-0.25, -0.2) is 13.1 Å². The SMILES string of the molecule is CC1CN(S(=O)(=O)c2cccc(-c3nn(-c4ccccc4)cc3C=C3SC(=S)N(C(C)C)C3=O)c2)CC(C)O1. The number of thiocarbonyl (C=S) groups is 1. The van der Waals surface area contributed by atoms with E-state index in [9.17, 15) is 13.2 Å². The molecule has 2 aliphatic rings. The Balaban J connectivity index is 1.58. The highest BCUT2D eigenvalue weighted by Crippen LogP contribution is 2.36. The first-order chi connectivity index (χ1) is 18.5. The lowest BCUT2D eigenvalue weighted by Gasteiger charge is -2.34. The Morgan fingerprint density at radius 2 is 1.77 bits per heavy atom. The number of hydrogen-bond acceptors (Lipinski definition) is 7. The number of morpholine rings is 1. The molecule has 0 saturated carbocycles. The highest BCUT2D eigenvalue weighted by molar-refractivity contribution is 8.26. The van der Waals surface area contributed by atoms with Crippen molar-refractivity contribution >= 4 is 50.3 Å². The lowest BCUT2D eigenvalue weighted by molar-refractivity contribution is -0.123. The van der Waals surface area contributed by atoms with E-state index in [2.05, 4.69) is 0 Å². The normalized spacial score (nSPS) is 21.9. The fraction of sp³-hybridized carbons (Fsp3) is 0.321. The summed E-state index contributed by atoms with van der Waals surface area (Å²) in [6.45, 7) is 8.19. The molecular formula is C28H30N4O4S3. The number of carbonyl (C=O) groups excluding carboxylic acids is 1. The molecule has 3 heterocycles. The summed E-state index contributed by atoms with van der Waals surface area (Å²) >= 11 is 6.72. The van der Waals surface area contributed by atoms with Crippen molar-refractivity contribution in [3.05, 3.63) is 71.3 Å². The molecule has 3 aromatic rings. The van der Waals surface area contributed by atoms with Crippen LogP contribution in [0.1, 0.15) is 33.3 Å². The van der Waals surface area contributed by atoms with E-state index in [-0.39, 0.29) is 29.1 Å². The minimum absolute atomic E-state index is 0.0533. The second kappa shape index (κ2) is 11.0. The standard InChI is InChI=1S/C28H30N4O4S3/c1-18(2)32-27(33)25(38-28(32)37)14-22-17-31(23-10-6-5-7-11-23)29-26(22)21-9-8-12-24(13-21)39(34,35)30-15-19(3)36-20(4)16-30/h5-14,17-20H,15-16H2,1-4H3. The molecule has 2 unspecified atom stereocenters. The van der Waals surface area contributed by atoms with Crippen LogP contribution in [0.2, 0.25) is 0 Å². The third-order valence-electron chi connectivity index (χ3n) is 6.52. The number of carbonyl (C=O) groups is 1. The average Bonchev–Trinajstić information content (AvgIpc) is 3.44. The molecule has 2 atom stereocenters. The molecule has 5 rings (SSSR count). The molecule has 0 N–H and O–H groups in total. The Hall–Kier alpha value is -2.83. The maximum Gasteiger partial charge on any atom is 0.266 e. The van der Waals surface area contributed by atoms with Crippen molar-refractivity contribution in [3.63, 3.8) is 0 Å². The van der Waals surface area contributed by atoms with Crippen molar-refractivity contribution in [2.75, 3.05) is 13.1 Å². The average molecular weight is 583 g/mol. The first kappa shape index (κ1) is 27.7. The van der Waals surface area contributed by atoms with E-state index in [4.69, 9.17) is 22.1 Å². The van der Waals surface area contributed by atoms with E-state index < -0.39 is 10.0 Å². The number of sulfonamides is 1. The van der Waals surface area contributed by atoms with Crippen molar-refractivity contribution in [3.8, 4) is 16.9 Å². The van der Waals surface area contributed by atoms with E-state index in [0.29, 0.717) is 39.1 Å². The number of aromatic nitrogens is 2. The highest BCUT2D eigenvalue weighted by atomic mass is 32.2. The largest absolute Gasteiger partial charge is 0.373 e. The number of thioether (sulfide) groups is 1. The lowest BCUT2D eigenvalue weighted by atomic mass is 10.1. The van der Waals surface area contributed by atoms with Crippen molar-refractivity contribution in [1.29, 1.82) is 0 Å². The number of para-hydroxylation sites is 1. The summed E-state index contributed by atoms with van der Waals surface area (Å²) in [5, 5.41) is 4.83. The Kier molecular flexibility index (Phi) is 7.80. The van der Waals surface area contributed by atoms with Gasteiger partial charge in [-0.2, -0.15) is 9.40 Å². The van der Waals surface area contributed by atoms with Gasteiger partial charge in [0.1, 0.15) is 10.0 Å². The van der Waals surface area contributed by atoms with Crippen molar-refractivity contribution in [2.45, 2.75) is 50.8 Å². The molecule has 2 aromatic carbocycles. The number of benzene rings is 2. The Bertz CT molecular complexity index is 1540. The van der Waals surface area contributed by atoms with Crippen LogP contribution in [0, 0.1) is 0 Å². The maximum absolute atomic E-state index is 13.6. The number of ether oxygens (including phenoxy) is 1. The smallest absolute Gasteiger partial charge is 0.266 e. The number of nitrogens with zero attached hydrogens (tertiary/aromatic N) is 4. The summed E-state index contributed by atoms with van der Waals surface area (Å²) in [7, 11) is -3.75. The van der Waals surface area contributed by atoms with Crippen LogP contribution in [0.25, 0.3) is 23.0 Å². The van der Waals surface area contributed by atoms with Crippen LogP contribution in [0.3, 0.4) is 0 Å². The Morgan fingerprint density at radius 3 is 2.41 bits per heavy atom. The summed E-state index contributed by atoms with van der Waals surface area (Å²) in [4.78, 5) is 15.4. The van der Waals surface area contributed by atoms with E-state index >= 15 is 0 Å². The van der Waals surface area contributed by atoms with Gasteiger partial charge in [0.25, 0.3) is 5.91 Å². The number of hydrogen-bond donors (Lipinski definition) is 0. The molecule has 11 heteroatoms. The second-order valence-electron chi connectivity index (χ2n) is 9.97. The Morgan fingerprint density at radius 1 is 1.08 bits per heavy atom. The van der Waals surface area contributed by atoms with Crippen molar-refractivity contribution in [1.82, 2.24) is 19.0 Å². The molecule has 2 aliphatic heterocycles. The first-order valence-corrected chi connectivity index (χ1v) is 15.4. The van der Waals surface area contributed by atoms with Gasteiger partial charge in [-0.05, 0) is 58.0 Å². The monoisotopic (exact) mass is 582 g/mol. The van der Waals surface area contributed by atoms with Crippen LogP contribution >= 0.6 is 24.0 Å². The molecule has 39 heavy (non-hydrogen) atoms. The van der Waals surface area contributed by atoms with Gasteiger partial charge in [0.15, 0.2) is 0 Å². The van der Waals surface area contributed by atoms with Gasteiger partial charge in [0.2, 0.25) is 10.0 Å².